The van der Waals surface area contributed by atoms with Crippen molar-refractivity contribution < 1.29 is 4.79 Å². The topological polar surface area (TPSA) is 104 Å². The van der Waals surface area contributed by atoms with Crippen LogP contribution < -0.4 is 16.6 Å². The average Bonchev–Trinajstić information content (AvgIpc) is 3.28. The van der Waals surface area contributed by atoms with Crippen LogP contribution in [-0.2, 0) is 31.9 Å². The molecule has 10 heteroatoms. The molecule has 1 amide bonds. The minimum atomic E-state index is -0.490. The van der Waals surface area contributed by atoms with Crippen LogP contribution in [0.2, 0.25) is 0 Å². The molecule has 4 aromatic rings. The van der Waals surface area contributed by atoms with Crippen LogP contribution in [-0.4, -0.2) is 29.6 Å². The number of carbonyl (C=O) groups is 1. The van der Waals surface area contributed by atoms with E-state index in [1.54, 1.807) is 0 Å². The number of fused-ring (bicyclic) bond motifs is 2. The second-order valence-electron chi connectivity index (χ2n) is 6.44. The van der Waals surface area contributed by atoms with Crippen LogP contribution in [0.1, 0.15) is 12.5 Å². The normalized spacial score (nSPS) is 11.4. The summed E-state index contributed by atoms with van der Waals surface area (Å²) in [5.41, 5.74) is 1.51. The molecule has 0 aliphatic carbocycles. The van der Waals surface area contributed by atoms with E-state index in [0.717, 1.165) is 26.8 Å². The molecule has 28 heavy (non-hydrogen) atoms. The largest absolute Gasteiger partial charge is 0.332 e. The highest BCUT2D eigenvalue weighted by molar-refractivity contribution is 7.22. The Bertz CT molecular complexity index is 1340. The maximum atomic E-state index is 12.5. The van der Waals surface area contributed by atoms with Gasteiger partial charge in [-0.2, -0.15) is 0 Å². The van der Waals surface area contributed by atoms with E-state index in [4.69, 9.17) is 0 Å². The van der Waals surface area contributed by atoms with Gasteiger partial charge in [0.1, 0.15) is 6.54 Å². The van der Waals surface area contributed by atoms with Crippen LogP contribution >= 0.6 is 11.3 Å². The summed E-state index contributed by atoms with van der Waals surface area (Å²) in [6.45, 7) is 1.95. The molecule has 1 aromatic carbocycles. The molecule has 0 bridgehead atoms. The van der Waals surface area contributed by atoms with Gasteiger partial charge in [-0.05, 0) is 18.1 Å². The summed E-state index contributed by atoms with van der Waals surface area (Å²) < 4.78 is 4.73. The van der Waals surface area contributed by atoms with Crippen molar-refractivity contribution in [2.75, 3.05) is 5.32 Å². The van der Waals surface area contributed by atoms with Crippen LogP contribution in [0.5, 0.6) is 0 Å². The van der Waals surface area contributed by atoms with Crippen molar-refractivity contribution >= 4 is 43.8 Å². The number of aromatic nitrogens is 5. The zero-order valence-corrected chi connectivity index (χ0v) is 16.4. The molecular weight excluding hydrogens is 380 g/mol. The summed E-state index contributed by atoms with van der Waals surface area (Å²) in [7, 11) is 2.93. The van der Waals surface area contributed by atoms with Crippen molar-refractivity contribution in [1.82, 2.24) is 23.7 Å². The zero-order chi connectivity index (χ0) is 20.0. The second-order valence-corrected chi connectivity index (χ2v) is 7.47. The Morgan fingerprint density at radius 2 is 2.00 bits per heavy atom. The number of amides is 1. The van der Waals surface area contributed by atoms with E-state index in [9.17, 15) is 14.4 Å². The lowest BCUT2D eigenvalue weighted by Gasteiger charge is -2.06. The Morgan fingerprint density at radius 3 is 2.75 bits per heavy atom. The third-order valence-corrected chi connectivity index (χ3v) is 5.60. The molecule has 0 radical (unpaired) electrons. The molecule has 0 saturated heterocycles. The lowest BCUT2D eigenvalue weighted by atomic mass is 10.1. The standard InChI is InChI=1S/C18H18N6O3S/c1-4-10-6-5-7-11-13(10)21-17(28-11)20-12(25)8-24-9-19-15-14(24)16(26)23(3)18(27)22(15)2/h5-7,9H,4,8H2,1-3H3,(H,20,21,25). The predicted molar refractivity (Wildman–Crippen MR) is 108 cm³/mol. The minimum absolute atomic E-state index is 0.111. The van der Waals surface area contributed by atoms with Crippen LogP contribution in [0.15, 0.2) is 34.1 Å². The number of carbonyl (C=O) groups excluding carboxylic acids is 1. The van der Waals surface area contributed by atoms with Crippen molar-refractivity contribution in [3.05, 3.63) is 50.9 Å². The van der Waals surface area contributed by atoms with Crippen LogP contribution in [0.4, 0.5) is 5.13 Å². The van der Waals surface area contributed by atoms with E-state index in [1.165, 1.54) is 40.9 Å². The molecule has 1 N–H and O–H groups in total. The van der Waals surface area contributed by atoms with E-state index in [-0.39, 0.29) is 23.6 Å². The van der Waals surface area contributed by atoms with Gasteiger partial charge in [-0.1, -0.05) is 30.4 Å². The predicted octanol–water partition coefficient (Wildman–Crippen LogP) is 1.24. The minimum Gasteiger partial charge on any atom is -0.315 e. The summed E-state index contributed by atoms with van der Waals surface area (Å²) in [6, 6.07) is 5.96. The first kappa shape index (κ1) is 18.1. The lowest BCUT2D eigenvalue weighted by molar-refractivity contribution is -0.116. The number of aryl methyl sites for hydroxylation is 2. The highest BCUT2D eigenvalue weighted by atomic mass is 32.1. The Kier molecular flexibility index (Phi) is 4.34. The maximum Gasteiger partial charge on any atom is 0.332 e. The fraction of sp³-hybridized carbons (Fsp3) is 0.278. The van der Waals surface area contributed by atoms with E-state index < -0.39 is 11.2 Å². The number of hydrogen-bond donors (Lipinski definition) is 1. The first-order chi connectivity index (χ1) is 13.4. The van der Waals surface area contributed by atoms with Gasteiger partial charge in [-0.3, -0.25) is 18.7 Å². The third kappa shape index (κ3) is 2.82. The summed E-state index contributed by atoms with van der Waals surface area (Å²) >= 11 is 1.40. The molecule has 3 heterocycles. The van der Waals surface area contributed by atoms with Gasteiger partial charge >= 0.3 is 5.69 Å². The van der Waals surface area contributed by atoms with E-state index in [0.29, 0.717) is 5.13 Å². The quantitative estimate of drug-likeness (QED) is 0.557. The molecule has 144 valence electrons. The number of para-hydroxylation sites is 1. The first-order valence-electron chi connectivity index (χ1n) is 8.69. The fourth-order valence-corrected chi connectivity index (χ4v) is 4.10. The highest BCUT2D eigenvalue weighted by Gasteiger charge is 2.17. The molecule has 4 rings (SSSR count). The zero-order valence-electron chi connectivity index (χ0n) is 15.6. The van der Waals surface area contributed by atoms with Crippen LogP contribution in [0, 0.1) is 0 Å². The number of benzene rings is 1. The molecule has 9 nitrogen and oxygen atoms in total. The van der Waals surface area contributed by atoms with Crippen molar-refractivity contribution in [1.29, 1.82) is 0 Å². The first-order valence-corrected chi connectivity index (χ1v) is 9.51. The van der Waals surface area contributed by atoms with Crippen molar-refractivity contribution in [3.8, 4) is 0 Å². The molecule has 0 unspecified atom stereocenters. The monoisotopic (exact) mass is 398 g/mol. The molecule has 0 atom stereocenters. The van der Waals surface area contributed by atoms with Gasteiger partial charge in [0.05, 0.1) is 16.5 Å². The fourth-order valence-electron chi connectivity index (χ4n) is 3.17. The van der Waals surface area contributed by atoms with Gasteiger partial charge in [-0.15, -0.1) is 0 Å². The number of nitrogens with zero attached hydrogens (tertiary/aromatic N) is 5. The Morgan fingerprint density at radius 1 is 1.21 bits per heavy atom. The van der Waals surface area contributed by atoms with Crippen LogP contribution in [0.3, 0.4) is 0 Å². The van der Waals surface area contributed by atoms with Gasteiger partial charge in [0.2, 0.25) is 5.91 Å². The van der Waals surface area contributed by atoms with Crippen molar-refractivity contribution in [2.45, 2.75) is 19.9 Å². The summed E-state index contributed by atoms with van der Waals surface area (Å²) in [6.07, 6.45) is 2.25. The maximum absolute atomic E-state index is 12.5. The summed E-state index contributed by atoms with van der Waals surface area (Å²) in [5, 5.41) is 3.29. The molecular formula is C18H18N6O3S. The van der Waals surface area contributed by atoms with Gasteiger partial charge in [0.25, 0.3) is 5.56 Å². The molecule has 0 spiro atoms. The lowest BCUT2D eigenvalue weighted by Crippen LogP contribution is -2.37. The third-order valence-electron chi connectivity index (χ3n) is 4.66. The van der Waals surface area contributed by atoms with Gasteiger partial charge in [0.15, 0.2) is 16.3 Å². The van der Waals surface area contributed by atoms with E-state index >= 15 is 0 Å². The van der Waals surface area contributed by atoms with E-state index in [2.05, 4.69) is 22.2 Å². The van der Waals surface area contributed by atoms with Crippen molar-refractivity contribution in [2.24, 2.45) is 14.1 Å². The molecule has 0 fully saturated rings. The number of imidazole rings is 1. The van der Waals surface area contributed by atoms with Gasteiger partial charge < -0.3 is 9.88 Å². The molecule has 3 aromatic heterocycles. The Balaban J connectivity index is 1.65. The smallest absolute Gasteiger partial charge is 0.315 e. The average molecular weight is 398 g/mol. The SMILES string of the molecule is CCc1cccc2sc(NC(=O)Cn3cnc4c3c(=O)n(C)c(=O)n4C)nc12. The van der Waals surface area contributed by atoms with E-state index in [1.807, 2.05) is 18.2 Å². The van der Waals surface area contributed by atoms with Gasteiger partial charge in [0, 0.05) is 14.1 Å². The Hall–Kier alpha value is -3.27. The number of anilines is 1. The highest BCUT2D eigenvalue weighted by Crippen LogP contribution is 2.28. The van der Waals surface area contributed by atoms with Crippen molar-refractivity contribution in [3.63, 3.8) is 0 Å². The number of rotatable bonds is 4. The summed E-state index contributed by atoms with van der Waals surface area (Å²) in [4.78, 5) is 45.6. The second kappa shape index (κ2) is 6.71. The molecule has 0 aliphatic rings. The van der Waals surface area contributed by atoms with Gasteiger partial charge in [-0.25, -0.2) is 14.8 Å². The molecule has 0 aliphatic heterocycles. The van der Waals surface area contributed by atoms with Crippen LogP contribution in [0.25, 0.3) is 21.4 Å². The number of hydrogen-bond acceptors (Lipinski definition) is 6. The Labute approximate surface area is 162 Å². The molecule has 0 saturated carbocycles. The number of thiazole rings is 1. The number of nitrogens with one attached hydrogen (secondary N) is 1. The summed E-state index contributed by atoms with van der Waals surface area (Å²) in [5.74, 6) is -0.327.